The molecular weight excluding hydrogens is 412 g/mol. The number of hydrogen-bond donors (Lipinski definition) is 1. The van der Waals surface area contributed by atoms with Crippen LogP contribution in [0.5, 0.6) is 0 Å². The highest BCUT2D eigenvalue weighted by Crippen LogP contribution is 2.32. The summed E-state index contributed by atoms with van der Waals surface area (Å²) < 4.78 is 5.58. The van der Waals surface area contributed by atoms with Gasteiger partial charge in [0.2, 0.25) is 0 Å². The van der Waals surface area contributed by atoms with Gasteiger partial charge in [0, 0.05) is 29.9 Å². The van der Waals surface area contributed by atoms with Crippen LogP contribution in [0, 0.1) is 11.3 Å². The first-order valence-electron chi connectivity index (χ1n) is 11.0. The lowest BCUT2D eigenvalue weighted by Gasteiger charge is -2.23. The summed E-state index contributed by atoms with van der Waals surface area (Å²) in [6, 6.07) is 16.3. The lowest BCUT2D eigenvalue weighted by molar-refractivity contribution is 0.433. The van der Waals surface area contributed by atoms with Crippen LogP contribution in [-0.4, -0.2) is 27.2 Å². The summed E-state index contributed by atoms with van der Waals surface area (Å²) in [7, 11) is 1.92. The predicted molar refractivity (Wildman–Crippen MR) is 127 cm³/mol. The molecule has 7 nitrogen and oxygen atoms in total. The fourth-order valence-corrected chi connectivity index (χ4v) is 3.83. The third-order valence-corrected chi connectivity index (χ3v) is 5.99. The molecule has 0 aliphatic heterocycles. The Labute approximate surface area is 193 Å². The monoisotopic (exact) mass is 438 g/mol. The van der Waals surface area contributed by atoms with Crippen molar-refractivity contribution in [2.24, 2.45) is 0 Å². The van der Waals surface area contributed by atoms with Crippen LogP contribution in [-0.2, 0) is 12.0 Å². The van der Waals surface area contributed by atoms with Crippen LogP contribution in [0.15, 0.2) is 65.6 Å². The Balaban J connectivity index is 1.63. The van der Waals surface area contributed by atoms with Crippen molar-refractivity contribution in [2.75, 3.05) is 7.05 Å². The van der Waals surface area contributed by atoms with Crippen molar-refractivity contribution in [3.63, 3.8) is 0 Å². The Morgan fingerprint density at radius 2 is 1.73 bits per heavy atom. The highest BCUT2D eigenvalue weighted by atomic mass is 16.5. The van der Waals surface area contributed by atoms with Gasteiger partial charge < -0.3 is 9.84 Å². The minimum Gasteiger partial charge on any atom is -0.354 e. The zero-order chi connectivity index (χ0) is 23.3. The minimum atomic E-state index is -0.608. The van der Waals surface area contributed by atoms with Crippen molar-refractivity contribution in [1.29, 1.82) is 5.26 Å². The molecular formula is C26H26N6O. The number of benzene rings is 1. The minimum absolute atomic E-state index is 0.543. The number of pyridine rings is 1. The van der Waals surface area contributed by atoms with E-state index in [-0.39, 0.29) is 0 Å². The largest absolute Gasteiger partial charge is 0.354 e. The van der Waals surface area contributed by atoms with E-state index in [1.165, 1.54) is 5.56 Å². The lowest BCUT2D eigenvalue weighted by Crippen LogP contribution is -2.23. The van der Waals surface area contributed by atoms with E-state index in [9.17, 15) is 5.26 Å². The molecule has 0 unspecified atom stereocenters. The summed E-state index contributed by atoms with van der Waals surface area (Å²) in [6.07, 6.45) is 6.47. The van der Waals surface area contributed by atoms with E-state index in [2.05, 4.69) is 38.6 Å². The van der Waals surface area contributed by atoms with E-state index in [1.54, 1.807) is 18.6 Å². The number of hydrogen-bond acceptors (Lipinski definition) is 7. The molecule has 3 heterocycles. The van der Waals surface area contributed by atoms with Gasteiger partial charge in [0.1, 0.15) is 11.4 Å². The molecule has 0 bridgehead atoms. The van der Waals surface area contributed by atoms with E-state index in [0.717, 1.165) is 29.1 Å². The molecule has 0 saturated carbocycles. The van der Waals surface area contributed by atoms with Gasteiger partial charge in [-0.15, -0.1) is 0 Å². The number of nitrogens with one attached hydrogen (secondary N) is 1. The third-order valence-electron chi connectivity index (χ3n) is 5.99. The molecule has 0 fully saturated rings. The van der Waals surface area contributed by atoms with Gasteiger partial charge in [-0.1, -0.05) is 43.3 Å². The first kappa shape index (κ1) is 22.3. The van der Waals surface area contributed by atoms with Crippen LogP contribution in [0.2, 0.25) is 0 Å². The Bertz CT molecular complexity index is 1270. The van der Waals surface area contributed by atoms with Crippen LogP contribution >= 0.6 is 0 Å². The average Bonchev–Trinajstić information content (AvgIpc) is 3.37. The number of nitrogens with zero attached hydrogens (tertiary/aromatic N) is 5. The SMILES string of the molecule is CCC(C#N)(CC)c1cc(-c2cncc(-c3cc(-c4ccc(CNC)cc4)no3)n2)ccn1. The van der Waals surface area contributed by atoms with Gasteiger partial charge in [-0.2, -0.15) is 5.26 Å². The quantitative estimate of drug-likeness (QED) is 0.405. The normalized spacial score (nSPS) is 11.3. The molecule has 4 aromatic rings. The Hall–Kier alpha value is -3.89. The topological polar surface area (TPSA) is 101 Å². The van der Waals surface area contributed by atoms with Crippen LogP contribution < -0.4 is 5.32 Å². The molecule has 0 aliphatic rings. The standard InChI is InChI=1S/C26H26N6O/c1-4-26(5-2,17-27)25-12-20(10-11-30-25)22-15-29-16-23(31-22)24-13-21(32-33-24)19-8-6-18(7-9-19)14-28-3/h6-13,15-16,28H,4-5,14H2,1-3H3. The van der Waals surface area contributed by atoms with Crippen molar-refractivity contribution in [3.8, 4) is 40.0 Å². The van der Waals surface area contributed by atoms with Crippen LogP contribution in [0.25, 0.3) is 34.0 Å². The smallest absolute Gasteiger partial charge is 0.187 e. The molecule has 0 aliphatic carbocycles. The molecule has 33 heavy (non-hydrogen) atoms. The van der Waals surface area contributed by atoms with Gasteiger partial charge in [0.25, 0.3) is 0 Å². The molecule has 7 heteroatoms. The molecule has 0 saturated heterocycles. The summed E-state index contributed by atoms with van der Waals surface area (Å²) in [5.41, 5.74) is 5.19. The van der Waals surface area contributed by atoms with Gasteiger partial charge in [-0.25, -0.2) is 4.98 Å². The second-order valence-electron chi connectivity index (χ2n) is 7.92. The predicted octanol–water partition coefficient (Wildman–Crippen LogP) is 5.16. The van der Waals surface area contributed by atoms with E-state index in [0.29, 0.717) is 30.0 Å². The van der Waals surface area contributed by atoms with Crippen LogP contribution in [0.1, 0.15) is 37.9 Å². The highest BCUT2D eigenvalue weighted by molar-refractivity contribution is 5.67. The van der Waals surface area contributed by atoms with E-state index < -0.39 is 5.41 Å². The molecule has 0 spiro atoms. The Morgan fingerprint density at radius 1 is 0.970 bits per heavy atom. The molecule has 0 amide bonds. The Morgan fingerprint density at radius 3 is 2.42 bits per heavy atom. The van der Waals surface area contributed by atoms with Crippen LogP contribution in [0.4, 0.5) is 0 Å². The van der Waals surface area contributed by atoms with Gasteiger partial charge >= 0.3 is 0 Å². The third kappa shape index (κ3) is 4.52. The molecule has 0 radical (unpaired) electrons. The summed E-state index contributed by atoms with van der Waals surface area (Å²) >= 11 is 0. The van der Waals surface area contributed by atoms with Crippen molar-refractivity contribution in [1.82, 2.24) is 25.4 Å². The van der Waals surface area contributed by atoms with Gasteiger partial charge in [-0.3, -0.25) is 9.97 Å². The van der Waals surface area contributed by atoms with Gasteiger partial charge in [-0.05, 0) is 37.6 Å². The first-order chi connectivity index (χ1) is 16.1. The number of nitriles is 1. The second-order valence-corrected chi connectivity index (χ2v) is 7.92. The molecule has 4 rings (SSSR count). The van der Waals surface area contributed by atoms with Gasteiger partial charge in [0.05, 0.1) is 35.3 Å². The molecule has 3 aromatic heterocycles. The van der Waals surface area contributed by atoms with E-state index in [4.69, 9.17) is 9.51 Å². The van der Waals surface area contributed by atoms with Crippen LogP contribution in [0.3, 0.4) is 0 Å². The summed E-state index contributed by atoms with van der Waals surface area (Å²) in [4.78, 5) is 13.6. The zero-order valence-electron chi connectivity index (χ0n) is 19.0. The fourth-order valence-electron chi connectivity index (χ4n) is 3.83. The summed E-state index contributed by atoms with van der Waals surface area (Å²) in [5.74, 6) is 0.543. The zero-order valence-corrected chi connectivity index (χ0v) is 19.0. The summed E-state index contributed by atoms with van der Waals surface area (Å²) in [6.45, 7) is 4.84. The fraction of sp³-hybridized carbons (Fsp3) is 0.269. The maximum absolute atomic E-state index is 9.78. The molecule has 1 N–H and O–H groups in total. The maximum Gasteiger partial charge on any atom is 0.187 e. The first-order valence-corrected chi connectivity index (χ1v) is 11.0. The number of aromatic nitrogens is 4. The molecule has 0 atom stereocenters. The molecule has 166 valence electrons. The van der Waals surface area contributed by atoms with Crippen molar-refractivity contribution < 1.29 is 4.52 Å². The lowest BCUT2D eigenvalue weighted by atomic mass is 9.80. The van der Waals surface area contributed by atoms with Gasteiger partial charge in [0.15, 0.2) is 5.76 Å². The van der Waals surface area contributed by atoms with E-state index >= 15 is 0 Å². The molecule has 1 aromatic carbocycles. The summed E-state index contributed by atoms with van der Waals surface area (Å²) in [5, 5.41) is 17.1. The van der Waals surface area contributed by atoms with Crippen molar-refractivity contribution >= 4 is 0 Å². The average molecular weight is 439 g/mol. The Kier molecular flexibility index (Phi) is 6.57. The number of rotatable bonds is 8. The van der Waals surface area contributed by atoms with E-state index in [1.807, 2.05) is 51.2 Å². The van der Waals surface area contributed by atoms with Crippen molar-refractivity contribution in [3.05, 3.63) is 72.3 Å². The van der Waals surface area contributed by atoms with Crippen molar-refractivity contribution in [2.45, 2.75) is 38.6 Å². The second kappa shape index (κ2) is 9.72. The maximum atomic E-state index is 9.78. The highest BCUT2D eigenvalue weighted by Gasteiger charge is 2.30.